The van der Waals surface area contributed by atoms with Crippen LogP contribution in [0.5, 0.6) is 0 Å². The molecule has 0 bridgehead atoms. The van der Waals surface area contributed by atoms with Gasteiger partial charge in [0.05, 0.1) is 11.7 Å². The summed E-state index contributed by atoms with van der Waals surface area (Å²) >= 11 is 6.39. The minimum absolute atomic E-state index is 0.136. The minimum atomic E-state index is -0.228. The summed E-state index contributed by atoms with van der Waals surface area (Å²) in [5, 5.41) is 10.6. The summed E-state index contributed by atoms with van der Waals surface area (Å²) in [6.45, 7) is 8.10. The van der Waals surface area contributed by atoms with E-state index in [4.69, 9.17) is 11.6 Å². The zero-order chi connectivity index (χ0) is 20.7. The normalized spacial score (nSPS) is 12.2. The van der Waals surface area contributed by atoms with Crippen molar-refractivity contribution >= 4 is 35.2 Å². The van der Waals surface area contributed by atoms with Gasteiger partial charge in [0.1, 0.15) is 5.15 Å². The highest BCUT2D eigenvalue weighted by atomic mass is 35.5. The van der Waals surface area contributed by atoms with Gasteiger partial charge >= 0.3 is 0 Å². The predicted octanol–water partition coefficient (Wildman–Crippen LogP) is 4.49. The van der Waals surface area contributed by atoms with Crippen LogP contribution in [0.4, 0.5) is 5.69 Å². The molecule has 2 N–H and O–H groups in total. The van der Waals surface area contributed by atoms with Crippen molar-refractivity contribution in [1.82, 2.24) is 15.1 Å². The number of carbonyl (C=O) groups excluding carboxylic acids is 2. The second-order valence-corrected chi connectivity index (χ2v) is 7.09. The Morgan fingerprint density at radius 3 is 2.79 bits per heavy atom. The largest absolute Gasteiger partial charge is 0.346 e. The summed E-state index contributed by atoms with van der Waals surface area (Å²) in [7, 11) is 0. The van der Waals surface area contributed by atoms with Crippen molar-refractivity contribution in [3.63, 3.8) is 0 Å². The molecule has 1 atom stereocenters. The molecule has 1 aromatic carbocycles. The fraction of sp³-hybridized carbons (Fsp3) is 0.381. The number of benzene rings is 1. The number of rotatable bonds is 8. The highest BCUT2D eigenvalue weighted by Gasteiger charge is 2.12. The molecule has 2 rings (SSSR count). The van der Waals surface area contributed by atoms with Crippen LogP contribution >= 0.6 is 11.6 Å². The van der Waals surface area contributed by atoms with Gasteiger partial charge in [-0.25, -0.2) is 0 Å². The molecule has 150 valence electrons. The zero-order valence-electron chi connectivity index (χ0n) is 16.8. The van der Waals surface area contributed by atoms with Gasteiger partial charge in [0, 0.05) is 30.8 Å². The third-order valence-electron chi connectivity index (χ3n) is 4.30. The topological polar surface area (TPSA) is 76.0 Å². The molecule has 1 aromatic heterocycles. The number of hydrogen-bond acceptors (Lipinski definition) is 3. The quantitative estimate of drug-likeness (QED) is 0.638. The number of amides is 2. The Morgan fingerprint density at radius 1 is 1.36 bits per heavy atom. The third kappa shape index (κ3) is 5.96. The molecule has 7 heteroatoms. The summed E-state index contributed by atoms with van der Waals surface area (Å²) in [4.78, 5) is 23.5. The molecule has 0 aliphatic heterocycles. The van der Waals surface area contributed by atoms with Gasteiger partial charge in [-0.3, -0.25) is 14.3 Å². The summed E-state index contributed by atoms with van der Waals surface area (Å²) in [5.74, 6) is -0.363. The first kappa shape index (κ1) is 21.7. The Hall–Kier alpha value is -2.60. The summed E-state index contributed by atoms with van der Waals surface area (Å²) in [5.41, 5.74) is 3.15. The fourth-order valence-corrected chi connectivity index (χ4v) is 3.13. The first-order chi connectivity index (χ1) is 13.3. The van der Waals surface area contributed by atoms with Crippen molar-refractivity contribution in [3.8, 4) is 0 Å². The monoisotopic (exact) mass is 402 g/mol. The van der Waals surface area contributed by atoms with E-state index in [0.29, 0.717) is 10.8 Å². The molecular formula is C21H27ClN4O2. The SMILES string of the molecule is CCCCn1nc(C)c(/C=C/C(=O)NC(C)c2cccc(NC(C)=O)c2)c1Cl. The molecule has 0 spiro atoms. The second-order valence-electron chi connectivity index (χ2n) is 6.74. The van der Waals surface area contributed by atoms with E-state index in [1.54, 1.807) is 16.8 Å². The first-order valence-corrected chi connectivity index (χ1v) is 9.78. The van der Waals surface area contributed by atoms with Crippen LogP contribution in [0.15, 0.2) is 30.3 Å². The van der Waals surface area contributed by atoms with Gasteiger partial charge in [0.15, 0.2) is 0 Å². The van der Waals surface area contributed by atoms with Crippen molar-refractivity contribution in [3.05, 3.63) is 52.3 Å². The lowest BCUT2D eigenvalue weighted by atomic mass is 10.1. The molecule has 1 unspecified atom stereocenters. The van der Waals surface area contributed by atoms with Crippen molar-refractivity contribution in [1.29, 1.82) is 0 Å². The molecule has 0 fully saturated rings. The smallest absolute Gasteiger partial charge is 0.244 e. The van der Waals surface area contributed by atoms with Crippen LogP contribution in [0.3, 0.4) is 0 Å². The number of aromatic nitrogens is 2. The van der Waals surface area contributed by atoms with Gasteiger partial charge in [0.2, 0.25) is 11.8 Å². The Balaban J connectivity index is 2.04. The van der Waals surface area contributed by atoms with Gasteiger partial charge in [0.25, 0.3) is 0 Å². The Labute approximate surface area is 171 Å². The molecule has 0 aliphatic carbocycles. The molecule has 2 aromatic rings. The van der Waals surface area contributed by atoms with E-state index >= 15 is 0 Å². The van der Waals surface area contributed by atoms with Gasteiger partial charge in [-0.05, 0) is 44.0 Å². The van der Waals surface area contributed by atoms with Gasteiger partial charge in [-0.15, -0.1) is 0 Å². The summed E-state index contributed by atoms with van der Waals surface area (Å²) < 4.78 is 1.77. The Kier molecular flexibility index (Phi) is 7.81. The second kappa shape index (κ2) is 10.1. The van der Waals surface area contributed by atoms with E-state index in [-0.39, 0.29) is 17.9 Å². The Bertz CT molecular complexity index is 873. The third-order valence-corrected chi connectivity index (χ3v) is 4.70. The average Bonchev–Trinajstić information content (AvgIpc) is 2.91. The van der Waals surface area contributed by atoms with Crippen molar-refractivity contribution in [2.75, 3.05) is 5.32 Å². The molecule has 1 heterocycles. The number of carbonyl (C=O) groups is 2. The molecule has 6 nitrogen and oxygen atoms in total. The number of unbranched alkanes of at least 4 members (excludes halogenated alkanes) is 1. The molecule has 28 heavy (non-hydrogen) atoms. The van der Waals surface area contributed by atoms with Gasteiger partial charge in [-0.1, -0.05) is 37.1 Å². The molecule has 0 saturated heterocycles. The number of nitrogens with zero attached hydrogens (tertiary/aromatic N) is 2. The number of halogens is 1. The number of hydrogen-bond donors (Lipinski definition) is 2. The highest BCUT2D eigenvalue weighted by Crippen LogP contribution is 2.22. The Morgan fingerprint density at radius 2 is 2.11 bits per heavy atom. The number of anilines is 1. The predicted molar refractivity (Wildman–Crippen MR) is 113 cm³/mol. The maximum atomic E-state index is 12.3. The summed E-state index contributed by atoms with van der Waals surface area (Å²) in [6.07, 6.45) is 5.22. The number of nitrogens with one attached hydrogen (secondary N) is 2. The van der Waals surface area contributed by atoms with E-state index in [1.807, 2.05) is 32.0 Å². The van der Waals surface area contributed by atoms with E-state index in [9.17, 15) is 9.59 Å². The maximum absolute atomic E-state index is 12.3. The van der Waals surface area contributed by atoms with Crippen molar-refractivity contribution in [2.24, 2.45) is 0 Å². The molecule has 2 amide bonds. The lowest BCUT2D eigenvalue weighted by Crippen LogP contribution is -2.24. The zero-order valence-corrected chi connectivity index (χ0v) is 17.5. The first-order valence-electron chi connectivity index (χ1n) is 9.40. The fourth-order valence-electron chi connectivity index (χ4n) is 2.81. The van der Waals surface area contributed by atoms with Gasteiger partial charge < -0.3 is 10.6 Å². The van der Waals surface area contributed by atoms with E-state index in [1.165, 1.54) is 13.0 Å². The molecular weight excluding hydrogens is 376 g/mol. The van der Waals surface area contributed by atoms with Crippen molar-refractivity contribution < 1.29 is 9.59 Å². The van der Waals surface area contributed by atoms with Crippen LogP contribution in [0.1, 0.15) is 56.5 Å². The van der Waals surface area contributed by atoms with Crippen LogP contribution in [0.2, 0.25) is 5.15 Å². The van der Waals surface area contributed by atoms with Crippen LogP contribution in [-0.4, -0.2) is 21.6 Å². The standard InChI is InChI=1S/C21H27ClN4O2/c1-5-6-12-26-21(22)19(15(3)25-26)10-11-20(28)23-14(2)17-8-7-9-18(13-17)24-16(4)27/h7-11,13-14H,5-6,12H2,1-4H3,(H,23,28)(H,24,27)/b11-10+. The van der Waals surface area contributed by atoms with Crippen molar-refractivity contribution in [2.45, 2.75) is 53.1 Å². The average molecular weight is 403 g/mol. The van der Waals surface area contributed by atoms with Gasteiger partial charge in [-0.2, -0.15) is 5.10 Å². The van der Waals surface area contributed by atoms with E-state index < -0.39 is 0 Å². The molecule has 0 radical (unpaired) electrons. The maximum Gasteiger partial charge on any atom is 0.244 e. The summed E-state index contributed by atoms with van der Waals surface area (Å²) in [6, 6.07) is 7.18. The van der Waals surface area contributed by atoms with Crippen LogP contribution in [0, 0.1) is 6.92 Å². The van der Waals surface area contributed by atoms with E-state index in [0.717, 1.165) is 36.2 Å². The van der Waals surface area contributed by atoms with Crippen LogP contribution < -0.4 is 10.6 Å². The highest BCUT2D eigenvalue weighted by molar-refractivity contribution is 6.31. The lowest BCUT2D eigenvalue weighted by Gasteiger charge is -2.14. The van der Waals surface area contributed by atoms with Crippen LogP contribution in [-0.2, 0) is 16.1 Å². The minimum Gasteiger partial charge on any atom is -0.346 e. The van der Waals surface area contributed by atoms with Crippen LogP contribution in [0.25, 0.3) is 6.08 Å². The molecule has 0 saturated carbocycles. The van der Waals surface area contributed by atoms with E-state index in [2.05, 4.69) is 22.7 Å². The molecule has 0 aliphatic rings. The number of aryl methyl sites for hydroxylation is 2. The lowest BCUT2D eigenvalue weighted by molar-refractivity contribution is -0.117.